The first-order chi connectivity index (χ1) is 58.0. The van der Waals surface area contributed by atoms with Crippen LogP contribution in [0.1, 0.15) is 0 Å². The molecule has 9 aromatic heterocycles. The van der Waals surface area contributed by atoms with E-state index in [1.165, 1.54) is 5.56 Å². The van der Waals surface area contributed by atoms with Crippen molar-refractivity contribution < 1.29 is 17.7 Å². The lowest BCUT2D eigenvalue weighted by molar-refractivity contribution is 0.669. The van der Waals surface area contributed by atoms with Gasteiger partial charge in [0.2, 0.25) is 11.9 Å². The Kier molecular flexibility index (Phi) is 12.5. The average Bonchev–Trinajstić information content (AvgIpc) is 1.53. The van der Waals surface area contributed by atoms with Crippen LogP contribution in [0.5, 0.6) is 0 Å². The summed E-state index contributed by atoms with van der Waals surface area (Å²) in [6.45, 7) is 0. The minimum absolute atomic E-state index is 0.555. The molecule has 0 amide bonds. The Labute approximate surface area is 662 Å². The van der Waals surface area contributed by atoms with Gasteiger partial charge < -0.3 is 22.2 Å². The minimum atomic E-state index is 0.555. The standard InChI is InChI=1S/C106H57N7O4/c1-2-23-58(24-3-1)63-47-48-67(65-28-5-4-27-64(63)65)100-69-31-7-15-38-80(69)108-106(110-100)113-83-41-18-10-33-71(83)98-102(113)76-50-54-90-92(73-35-12-20-43-86(73)115-90)94(76)96-78-56-60(46-52-88(78)117-104(96)98)59-25-22-26-62(55-59)111-81-39-16-8-29-66(81)77-57-61(45-51-84(77)111)99-68-30-6-14-37-79(68)107-105(109-99)112-82-40-17-9-32-70(82)97-101(112)75-49-53-89-91(72-34-11-19-42-85(72)114-89)93(75)95-74-36-13-21-44-87(74)116-103(95)97/h1-57H. The molecule has 0 aliphatic carbocycles. The number of nitrogens with zero attached hydrogens (tertiary/aromatic N) is 7. The second kappa shape index (κ2) is 23.3. The first kappa shape index (κ1) is 62.6. The number of aromatic nitrogens is 7. The molecule has 27 aromatic rings. The topological polar surface area (TPSA) is 119 Å². The summed E-state index contributed by atoms with van der Waals surface area (Å²) in [6, 6.07) is 123. The van der Waals surface area contributed by atoms with E-state index in [9.17, 15) is 0 Å². The van der Waals surface area contributed by atoms with E-state index >= 15 is 0 Å². The molecule has 11 heteroatoms. The SMILES string of the molecule is c1ccc(-c2ccc(-c3nc(-n4c5ccccc5c5c6oc7ccc(-c8cccc(-n9c%10ccccc%10c%10cc(-c%11nc(-n%12c%13ccccc%13c%13c%14oc%15ccccc%15c%14c%14c(ccc%15oc%16ccccc%16c%15%14)c%13%12)nc%12ccccc%11%12)ccc%109)c8)cc7c6c6c(ccc7oc8ccccc8c76)c54)nc4ccccc34)c3ccccc23)cc1. The van der Waals surface area contributed by atoms with Crippen molar-refractivity contribution >= 4 is 207 Å². The van der Waals surface area contributed by atoms with Gasteiger partial charge in [-0.15, -0.1) is 0 Å². The van der Waals surface area contributed by atoms with E-state index < -0.39 is 0 Å². The van der Waals surface area contributed by atoms with Gasteiger partial charge in [0.1, 0.15) is 44.7 Å². The number of rotatable bonds is 7. The molecule has 0 radical (unpaired) electrons. The monoisotopic (exact) mass is 1490 g/mol. The van der Waals surface area contributed by atoms with Crippen molar-refractivity contribution in [3.8, 4) is 62.4 Å². The molecule has 27 rings (SSSR count). The fourth-order valence-electron chi connectivity index (χ4n) is 19.9. The molecule has 0 spiro atoms. The largest absolute Gasteiger partial charge is 0.456 e. The van der Waals surface area contributed by atoms with Gasteiger partial charge in [0.15, 0.2) is 0 Å². The van der Waals surface area contributed by atoms with Gasteiger partial charge >= 0.3 is 0 Å². The highest BCUT2D eigenvalue weighted by atomic mass is 16.3. The summed E-state index contributed by atoms with van der Waals surface area (Å²) in [5, 5.41) is 22.9. The fourth-order valence-corrected chi connectivity index (χ4v) is 19.9. The van der Waals surface area contributed by atoms with Crippen molar-refractivity contribution in [2.24, 2.45) is 0 Å². The Balaban J connectivity index is 0.636. The van der Waals surface area contributed by atoms with Crippen LogP contribution in [-0.2, 0) is 0 Å². The normalized spacial score (nSPS) is 12.4. The van der Waals surface area contributed by atoms with Crippen LogP contribution >= 0.6 is 0 Å². The van der Waals surface area contributed by atoms with Crippen LogP contribution in [-0.4, -0.2) is 33.6 Å². The average molecular weight is 1490 g/mol. The number of para-hydroxylation sites is 8. The Morgan fingerprint density at radius 3 is 1.23 bits per heavy atom. The van der Waals surface area contributed by atoms with E-state index in [0.717, 1.165) is 252 Å². The minimum Gasteiger partial charge on any atom is -0.456 e. The summed E-state index contributed by atoms with van der Waals surface area (Å²) in [5.41, 5.74) is 23.2. The molecule has 0 atom stereocenters. The summed E-state index contributed by atoms with van der Waals surface area (Å²) in [7, 11) is 0. The lowest BCUT2D eigenvalue weighted by Gasteiger charge is -2.15. The van der Waals surface area contributed by atoms with E-state index in [2.05, 4.69) is 335 Å². The smallest absolute Gasteiger partial charge is 0.235 e. The van der Waals surface area contributed by atoms with E-state index in [1.54, 1.807) is 0 Å². The Hall–Kier alpha value is -16.0. The van der Waals surface area contributed by atoms with Crippen LogP contribution in [0.15, 0.2) is 363 Å². The van der Waals surface area contributed by atoms with Gasteiger partial charge in [0.05, 0.1) is 66.3 Å². The molecule has 0 aliphatic rings. The first-order valence-corrected chi connectivity index (χ1v) is 39.6. The van der Waals surface area contributed by atoms with Crippen molar-refractivity contribution in [3.63, 3.8) is 0 Å². The van der Waals surface area contributed by atoms with Crippen LogP contribution in [0.2, 0.25) is 0 Å². The summed E-state index contributed by atoms with van der Waals surface area (Å²) < 4.78 is 35.0. The molecule has 9 heterocycles. The zero-order valence-electron chi connectivity index (χ0n) is 62.2. The highest BCUT2D eigenvalue weighted by molar-refractivity contribution is 6.43. The molecule has 0 aliphatic heterocycles. The zero-order chi connectivity index (χ0) is 76.0. The van der Waals surface area contributed by atoms with Crippen LogP contribution in [0, 0.1) is 0 Å². The van der Waals surface area contributed by atoms with E-state index in [0.29, 0.717) is 11.9 Å². The predicted octanol–water partition coefficient (Wildman–Crippen LogP) is 28.6. The maximum Gasteiger partial charge on any atom is 0.235 e. The molecule has 0 saturated heterocycles. The molecule has 0 N–H and O–H groups in total. The summed E-state index contributed by atoms with van der Waals surface area (Å²) in [6.07, 6.45) is 0. The van der Waals surface area contributed by atoms with E-state index in [-0.39, 0.29) is 0 Å². The highest BCUT2D eigenvalue weighted by Crippen LogP contribution is 2.53. The molecular formula is C106H57N7O4. The molecule has 11 nitrogen and oxygen atoms in total. The third-order valence-corrected chi connectivity index (χ3v) is 24.8. The van der Waals surface area contributed by atoms with Gasteiger partial charge in [0, 0.05) is 114 Å². The van der Waals surface area contributed by atoms with Crippen molar-refractivity contribution in [2.45, 2.75) is 0 Å². The van der Waals surface area contributed by atoms with Crippen LogP contribution < -0.4 is 0 Å². The van der Waals surface area contributed by atoms with Crippen molar-refractivity contribution in [2.75, 3.05) is 0 Å². The quantitative estimate of drug-likeness (QED) is 0.155. The van der Waals surface area contributed by atoms with Gasteiger partial charge in [-0.3, -0.25) is 9.13 Å². The lowest BCUT2D eigenvalue weighted by Crippen LogP contribution is -2.04. The first-order valence-electron chi connectivity index (χ1n) is 39.6. The Morgan fingerprint density at radius 2 is 0.615 bits per heavy atom. The third-order valence-electron chi connectivity index (χ3n) is 24.8. The lowest BCUT2D eigenvalue weighted by atomic mass is 9.93. The fraction of sp³-hybridized carbons (Fsp3) is 0. The molecular weight excluding hydrogens is 1440 g/mol. The van der Waals surface area contributed by atoms with Crippen LogP contribution in [0.3, 0.4) is 0 Å². The number of furan rings is 4. The number of fused-ring (bicyclic) bond motifs is 34. The second-order valence-corrected chi connectivity index (χ2v) is 30.9. The van der Waals surface area contributed by atoms with Crippen LogP contribution in [0.25, 0.3) is 270 Å². The van der Waals surface area contributed by atoms with Crippen molar-refractivity contribution in [1.29, 1.82) is 0 Å². The van der Waals surface area contributed by atoms with Gasteiger partial charge in [-0.1, -0.05) is 237 Å². The molecule has 18 aromatic carbocycles. The third kappa shape index (κ3) is 8.61. The second-order valence-electron chi connectivity index (χ2n) is 30.9. The van der Waals surface area contributed by atoms with Gasteiger partial charge in [-0.25, -0.2) is 19.9 Å². The van der Waals surface area contributed by atoms with Gasteiger partial charge in [0.25, 0.3) is 0 Å². The Bertz CT molecular complexity index is 9120. The van der Waals surface area contributed by atoms with E-state index in [4.69, 9.17) is 37.6 Å². The summed E-state index contributed by atoms with van der Waals surface area (Å²) in [4.78, 5) is 22.7. The zero-order valence-corrected chi connectivity index (χ0v) is 62.2. The van der Waals surface area contributed by atoms with Crippen molar-refractivity contribution in [3.05, 3.63) is 346 Å². The summed E-state index contributed by atoms with van der Waals surface area (Å²) >= 11 is 0. The van der Waals surface area contributed by atoms with Gasteiger partial charge in [-0.05, 0) is 142 Å². The van der Waals surface area contributed by atoms with Crippen LogP contribution in [0.4, 0.5) is 0 Å². The molecule has 0 unspecified atom stereocenters. The van der Waals surface area contributed by atoms with Gasteiger partial charge in [-0.2, -0.15) is 0 Å². The van der Waals surface area contributed by atoms with Crippen molar-refractivity contribution in [1.82, 2.24) is 33.6 Å². The number of benzene rings is 18. The number of hydrogen-bond acceptors (Lipinski definition) is 8. The molecule has 0 bridgehead atoms. The molecule has 0 saturated carbocycles. The number of hydrogen-bond donors (Lipinski definition) is 0. The maximum atomic E-state index is 7.48. The van der Waals surface area contributed by atoms with E-state index in [1.807, 2.05) is 24.3 Å². The molecule has 0 fully saturated rings. The summed E-state index contributed by atoms with van der Waals surface area (Å²) in [5.74, 6) is 1.11. The molecule has 117 heavy (non-hydrogen) atoms. The maximum absolute atomic E-state index is 7.48. The Morgan fingerprint density at radius 1 is 0.197 bits per heavy atom. The highest BCUT2D eigenvalue weighted by Gasteiger charge is 2.31. The molecule has 540 valence electrons. The predicted molar refractivity (Wildman–Crippen MR) is 479 cm³/mol.